The van der Waals surface area contributed by atoms with Gasteiger partial charge in [-0.25, -0.2) is 0 Å². The molecule has 3 nitrogen and oxygen atoms in total. The van der Waals surface area contributed by atoms with Crippen LogP contribution in [-0.4, -0.2) is 38.1 Å². The molecule has 0 radical (unpaired) electrons. The zero-order valence-electron chi connectivity index (χ0n) is 11.4. The number of nitrogens with one attached hydrogen (secondary N) is 1. The summed E-state index contributed by atoms with van der Waals surface area (Å²) in [4.78, 5) is 4.94. The third-order valence-corrected chi connectivity index (χ3v) is 4.40. The van der Waals surface area contributed by atoms with Gasteiger partial charge in [-0.1, -0.05) is 12.1 Å². The van der Waals surface area contributed by atoms with Crippen LogP contribution in [0.1, 0.15) is 24.0 Å². The molecule has 0 aromatic heterocycles. The second kappa shape index (κ2) is 4.90. The van der Waals surface area contributed by atoms with Gasteiger partial charge in [0.15, 0.2) is 0 Å². The minimum absolute atomic E-state index is 0.760. The molecule has 2 aliphatic rings. The van der Waals surface area contributed by atoms with E-state index in [-0.39, 0.29) is 0 Å². The van der Waals surface area contributed by atoms with E-state index >= 15 is 0 Å². The number of rotatable bonds is 2. The Bertz CT molecular complexity index is 420. The molecule has 2 aliphatic heterocycles. The van der Waals surface area contributed by atoms with Crippen LogP contribution in [0.3, 0.4) is 0 Å². The predicted octanol–water partition coefficient (Wildman–Crippen LogP) is 1.82. The van der Waals surface area contributed by atoms with Crippen LogP contribution in [0.5, 0.6) is 0 Å². The van der Waals surface area contributed by atoms with Crippen molar-refractivity contribution in [3.8, 4) is 0 Å². The largest absolute Gasteiger partial charge is 0.371 e. The van der Waals surface area contributed by atoms with E-state index in [4.69, 9.17) is 0 Å². The first-order valence-electron chi connectivity index (χ1n) is 6.98. The van der Waals surface area contributed by atoms with Gasteiger partial charge < -0.3 is 15.1 Å². The van der Waals surface area contributed by atoms with E-state index in [2.05, 4.69) is 47.4 Å². The standard InChI is InChI=1S/C15H23N3/c1-17(2)13-6-8-18(9-7-13)15-5-3-4-12-10-16-11-14(12)15/h3-5,13,16H,6-11H2,1-2H3. The molecule has 18 heavy (non-hydrogen) atoms. The molecule has 0 unspecified atom stereocenters. The lowest BCUT2D eigenvalue weighted by Crippen LogP contribution is -2.42. The molecular formula is C15H23N3. The summed E-state index contributed by atoms with van der Waals surface area (Å²) in [7, 11) is 4.40. The van der Waals surface area contributed by atoms with Crippen LogP contribution in [-0.2, 0) is 13.1 Å². The lowest BCUT2D eigenvalue weighted by Gasteiger charge is -2.37. The Kier molecular flexibility index (Phi) is 3.27. The number of benzene rings is 1. The summed E-state index contributed by atoms with van der Waals surface area (Å²) in [6, 6.07) is 7.52. The molecule has 0 bridgehead atoms. The highest BCUT2D eigenvalue weighted by molar-refractivity contribution is 5.58. The molecule has 0 aliphatic carbocycles. The molecule has 0 spiro atoms. The average molecular weight is 245 g/mol. The van der Waals surface area contributed by atoms with Gasteiger partial charge in [0.2, 0.25) is 0 Å². The number of piperidine rings is 1. The monoisotopic (exact) mass is 245 g/mol. The zero-order valence-corrected chi connectivity index (χ0v) is 11.4. The highest BCUT2D eigenvalue weighted by Crippen LogP contribution is 2.29. The first-order chi connectivity index (χ1) is 8.75. The molecule has 0 saturated carbocycles. The van der Waals surface area contributed by atoms with Gasteiger partial charge >= 0.3 is 0 Å². The Morgan fingerprint density at radius 3 is 2.67 bits per heavy atom. The fourth-order valence-electron chi connectivity index (χ4n) is 3.23. The first kappa shape index (κ1) is 12.0. The molecule has 3 heteroatoms. The third kappa shape index (κ3) is 2.13. The highest BCUT2D eigenvalue weighted by Gasteiger charge is 2.23. The number of fused-ring (bicyclic) bond motifs is 1. The second-order valence-corrected chi connectivity index (χ2v) is 5.70. The van der Waals surface area contributed by atoms with E-state index in [0.29, 0.717) is 0 Å². The molecule has 3 rings (SSSR count). The lowest BCUT2D eigenvalue weighted by atomic mass is 10.0. The summed E-state index contributed by atoms with van der Waals surface area (Å²) in [5.74, 6) is 0. The van der Waals surface area contributed by atoms with E-state index in [0.717, 1.165) is 19.1 Å². The van der Waals surface area contributed by atoms with Crippen LogP contribution in [0, 0.1) is 0 Å². The molecule has 0 amide bonds. The van der Waals surface area contributed by atoms with Crippen molar-refractivity contribution in [3.05, 3.63) is 29.3 Å². The normalized spacial score (nSPS) is 20.5. The average Bonchev–Trinajstić information content (AvgIpc) is 2.87. The van der Waals surface area contributed by atoms with Gasteiger partial charge in [0.25, 0.3) is 0 Å². The minimum Gasteiger partial charge on any atom is -0.371 e. The maximum atomic E-state index is 3.46. The van der Waals surface area contributed by atoms with Gasteiger partial charge in [0.05, 0.1) is 0 Å². The quantitative estimate of drug-likeness (QED) is 0.857. The van der Waals surface area contributed by atoms with E-state index in [1.165, 1.54) is 42.7 Å². The maximum absolute atomic E-state index is 3.46. The van der Waals surface area contributed by atoms with E-state index in [9.17, 15) is 0 Å². The van der Waals surface area contributed by atoms with Crippen LogP contribution in [0.15, 0.2) is 18.2 Å². The van der Waals surface area contributed by atoms with Crippen molar-refractivity contribution in [1.82, 2.24) is 10.2 Å². The fraction of sp³-hybridized carbons (Fsp3) is 0.600. The lowest BCUT2D eigenvalue weighted by molar-refractivity contribution is 0.249. The molecule has 1 N–H and O–H groups in total. The van der Waals surface area contributed by atoms with E-state index in [1.54, 1.807) is 0 Å². The smallest absolute Gasteiger partial charge is 0.0415 e. The number of nitrogens with zero attached hydrogens (tertiary/aromatic N) is 2. The Balaban J connectivity index is 1.75. The van der Waals surface area contributed by atoms with E-state index < -0.39 is 0 Å². The molecule has 1 fully saturated rings. The Hall–Kier alpha value is -1.06. The van der Waals surface area contributed by atoms with Crippen LogP contribution in [0.2, 0.25) is 0 Å². The number of hydrogen-bond donors (Lipinski definition) is 1. The van der Waals surface area contributed by atoms with Crippen molar-refractivity contribution in [2.45, 2.75) is 32.0 Å². The SMILES string of the molecule is CN(C)C1CCN(c2cccc3c2CNC3)CC1. The third-order valence-electron chi connectivity index (χ3n) is 4.40. The van der Waals surface area contributed by atoms with Gasteiger partial charge in [-0.15, -0.1) is 0 Å². The van der Waals surface area contributed by atoms with Crippen molar-refractivity contribution >= 4 is 5.69 Å². The van der Waals surface area contributed by atoms with Crippen LogP contribution in [0.4, 0.5) is 5.69 Å². The van der Waals surface area contributed by atoms with Crippen LogP contribution >= 0.6 is 0 Å². The summed E-state index contributed by atoms with van der Waals surface area (Å²) in [5, 5.41) is 3.46. The van der Waals surface area contributed by atoms with Gasteiger partial charge in [-0.2, -0.15) is 0 Å². The van der Waals surface area contributed by atoms with Gasteiger partial charge in [0, 0.05) is 37.9 Å². The van der Waals surface area contributed by atoms with E-state index in [1.807, 2.05) is 0 Å². The molecule has 98 valence electrons. The summed E-state index contributed by atoms with van der Waals surface area (Å²) in [6.07, 6.45) is 2.56. The van der Waals surface area contributed by atoms with Crippen molar-refractivity contribution in [2.24, 2.45) is 0 Å². The Morgan fingerprint density at radius 1 is 1.17 bits per heavy atom. The second-order valence-electron chi connectivity index (χ2n) is 5.70. The number of anilines is 1. The molecule has 1 aromatic carbocycles. The first-order valence-corrected chi connectivity index (χ1v) is 6.98. The van der Waals surface area contributed by atoms with Gasteiger partial charge in [-0.3, -0.25) is 0 Å². The van der Waals surface area contributed by atoms with Crippen molar-refractivity contribution in [2.75, 3.05) is 32.1 Å². The predicted molar refractivity (Wildman–Crippen MR) is 75.9 cm³/mol. The topological polar surface area (TPSA) is 18.5 Å². The van der Waals surface area contributed by atoms with Crippen molar-refractivity contribution in [3.63, 3.8) is 0 Å². The number of hydrogen-bond acceptors (Lipinski definition) is 3. The molecule has 1 aromatic rings. The summed E-state index contributed by atoms with van der Waals surface area (Å²) in [5.41, 5.74) is 4.48. The summed E-state index contributed by atoms with van der Waals surface area (Å²) < 4.78 is 0. The molecular weight excluding hydrogens is 222 g/mol. The zero-order chi connectivity index (χ0) is 12.5. The van der Waals surface area contributed by atoms with Gasteiger partial charge in [-0.05, 0) is 44.1 Å². The fourth-order valence-corrected chi connectivity index (χ4v) is 3.23. The highest BCUT2D eigenvalue weighted by atomic mass is 15.2. The van der Waals surface area contributed by atoms with Gasteiger partial charge in [0.1, 0.15) is 0 Å². The molecule has 0 atom stereocenters. The van der Waals surface area contributed by atoms with Crippen LogP contribution < -0.4 is 10.2 Å². The summed E-state index contributed by atoms with van der Waals surface area (Å²) in [6.45, 7) is 4.47. The van der Waals surface area contributed by atoms with Crippen molar-refractivity contribution in [1.29, 1.82) is 0 Å². The van der Waals surface area contributed by atoms with Crippen molar-refractivity contribution < 1.29 is 0 Å². The Labute approximate surface area is 110 Å². The molecule has 2 heterocycles. The maximum Gasteiger partial charge on any atom is 0.0415 e. The Morgan fingerprint density at radius 2 is 1.94 bits per heavy atom. The minimum atomic E-state index is 0.760. The van der Waals surface area contributed by atoms with Crippen LogP contribution in [0.25, 0.3) is 0 Å². The summed E-state index contributed by atoms with van der Waals surface area (Å²) >= 11 is 0. The molecule has 1 saturated heterocycles.